The minimum atomic E-state index is -0.558. The summed E-state index contributed by atoms with van der Waals surface area (Å²) in [5.74, 6) is 0.644. The molecule has 0 radical (unpaired) electrons. The summed E-state index contributed by atoms with van der Waals surface area (Å²) in [5.41, 5.74) is 1.05. The third-order valence-corrected chi connectivity index (χ3v) is 3.33. The second-order valence-electron chi connectivity index (χ2n) is 6.26. The number of carbonyl (C=O) groups is 1. The summed E-state index contributed by atoms with van der Waals surface area (Å²) in [7, 11) is 1.61. The number of hydrogen-bond donors (Lipinski definition) is 2. The topological polar surface area (TPSA) is 76.2 Å². The number of nitrogens with one attached hydrogen (secondary N) is 2. The van der Waals surface area contributed by atoms with Crippen LogP contribution in [0, 0.1) is 0 Å². The molecule has 6 nitrogen and oxygen atoms in total. The summed E-state index contributed by atoms with van der Waals surface area (Å²) in [6.45, 7) is 5.94. The fraction of sp³-hybridized carbons (Fsp3) is 0.500. The Labute approximate surface area is 140 Å². The standard InChI is InChI=1S/C16H22ClN3O3/c1-16(2,3)23-15(21)20-12(7-8-22-4)14-18-11-6-5-10(17)9-13(11)19-14/h5-6,9,12H,7-8H2,1-4H3,(H,18,19)(H,20,21)/t12-/m0/s1. The summed E-state index contributed by atoms with van der Waals surface area (Å²) in [6.07, 6.45) is 0.0839. The number of alkyl carbamates (subject to hydrolysis) is 1. The lowest BCUT2D eigenvalue weighted by Gasteiger charge is -2.22. The number of H-pyrrole nitrogens is 1. The number of imidazole rings is 1. The van der Waals surface area contributed by atoms with Gasteiger partial charge in [0.25, 0.3) is 0 Å². The maximum absolute atomic E-state index is 12.0. The number of aromatic amines is 1. The molecule has 0 spiro atoms. The fourth-order valence-corrected chi connectivity index (χ4v) is 2.30. The highest BCUT2D eigenvalue weighted by atomic mass is 35.5. The van der Waals surface area contributed by atoms with E-state index in [4.69, 9.17) is 21.1 Å². The molecule has 0 saturated carbocycles. The van der Waals surface area contributed by atoms with Crippen LogP contribution in [-0.2, 0) is 9.47 Å². The number of ether oxygens (including phenoxy) is 2. The van der Waals surface area contributed by atoms with E-state index in [-0.39, 0.29) is 6.04 Å². The van der Waals surface area contributed by atoms with Crippen LogP contribution in [0.15, 0.2) is 18.2 Å². The Morgan fingerprint density at radius 3 is 2.83 bits per heavy atom. The average Bonchev–Trinajstić information content (AvgIpc) is 2.84. The monoisotopic (exact) mass is 339 g/mol. The van der Waals surface area contributed by atoms with Crippen LogP contribution in [-0.4, -0.2) is 35.4 Å². The Morgan fingerprint density at radius 2 is 2.17 bits per heavy atom. The molecule has 1 heterocycles. The van der Waals surface area contributed by atoms with Crippen LogP contribution >= 0.6 is 11.6 Å². The normalized spacial score (nSPS) is 13.1. The summed E-state index contributed by atoms with van der Waals surface area (Å²) < 4.78 is 10.4. The van der Waals surface area contributed by atoms with Gasteiger partial charge in [0.1, 0.15) is 11.4 Å². The number of fused-ring (bicyclic) bond motifs is 1. The van der Waals surface area contributed by atoms with Crippen LogP contribution in [0.4, 0.5) is 4.79 Å². The number of benzene rings is 1. The van der Waals surface area contributed by atoms with Crippen LogP contribution in [0.1, 0.15) is 39.1 Å². The Hall–Kier alpha value is -1.79. The summed E-state index contributed by atoms with van der Waals surface area (Å²) in [6, 6.07) is 5.07. The maximum Gasteiger partial charge on any atom is 0.408 e. The Kier molecular flexibility index (Phi) is 5.49. The van der Waals surface area contributed by atoms with Crippen LogP contribution in [0.2, 0.25) is 5.02 Å². The molecule has 1 aromatic heterocycles. The van der Waals surface area contributed by atoms with Gasteiger partial charge in [-0.2, -0.15) is 0 Å². The van der Waals surface area contributed by atoms with E-state index in [9.17, 15) is 4.79 Å². The molecular weight excluding hydrogens is 318 g/mol. The predicted octanol–water partition coefficient (Wildman–Crippen LogP) is 3.82. The van der Waals surface area contributed by atoms with E-state index in [1.54, 1.807) is 19.2 Å². The van der Waals surface area contributed by atoms with Gasteiger partial charge in [-0.3, -0.25) is 0 Å². The molecule has 0 fully saturated rings. The van der Waals surface area contributed by atoms with Crippen molar-refractivity contribution in [3.05, 3.63) is 29.0 Å². The molecule has 1 amide bonds. The van der Waals surface area contributed by atoms with Gasteiger partial charge in [-0.05, 0) is 45.4 Å². The number of aromatic nitrogens is 2. The quantitative estimate of drug-likeness (QED) is 0.868. The first kappa shape index (κ1) is 17.6. The number of amides is 1. The molecule has 0 unspecified atom stereocenters. The Balaban J connectivity index is 2.20. The molecule has 0 aliphatic carbocycles. The number of carbonyl (C=O) groups excluding carboxylic acids is 1. The minimum absolute atomic E-state index is 0.337. The molecule has 2 N–H and O–H groups in total. The van der Waals surface area contributed by atoms with Gasteiger partial charge < -0.3 is 19.8 Å². The number of methoxy groups -OCH3 is 1. The second-order valence-corrected chi connectivity index (χ2v) is 6.70. The first-order chi connectivity index (χ1) is 10.8. The highest BCUT2D eigenvalue weighted by Crippen LogP contribution is 2.22. The van der Waals surface area contributed by atoms with Crippen LogP contribution < -0.4 is 5.32 Å². The number of rotatable bonds is 5. The van der Waals surface area contributed by atoms with E-state index in [0.29, 0.717) is 23.9 Å². The smallest absolute Gasteiger partial charge is 0.408 e. The summed E-state index contributed by atoms with van der Waals surface area (Å²) in [5, 5.41) is 3.46. The third kappa shape index (κ3) is 5.11. The average molecular weight is 340 g/mol. The first-order valence-corrected chi connectivity index (χ1v) is 7.80. The van der Waals surface area contributed by atoms with E-state index in [1.807, 2.05) is 26.8 Å². The maximum atomic E-state index is 12.0. The van der Waals surface area contributed by atoms with Crippen molar-refractivity contribution >= 4 is 28.7 Å². The zero-order valence-electron chi connectivity index (χ0n) is 13.8. The predicted molar refractivity (Wildman–Crippen MR) is 89.7 cm³/mol. The molecule has 0 saturated heterocycles. The molecule has 0 bridgehead atoms. The van der Waals surface area contributed by atoms with Gasteiger partial charge in [0.2, 0.25) is 0 Å². The number of halogens is 1. The van der Waals surface area contributed by atoms with E-state index in [0.717, 1.165) is 11.0 Å². The zero-order valence-corrected chi connectivity index (χ0v) is 14.5. The SMILES string of the molecule is COCC[C@H](NC(=O)OC(C)(C)C)c1nc2ccc(Cl)cc2[nH]1. The molecule has 126 valence electrons. The highest BCUT2D eigenvalue weighted by Gasteiger charge is 2.22. The molecule has 0 aliphatic heterocycles. The largest absolute Gasteiger partial charge is 0.444 e. The zero-order chi connectivity index (χ0) is 17.0. The Bertz CT molecular complexity index is 679. The fourth-order valence-electron chi connectivity index (χ4n) is 2.13. The number of nitrogens with zero attached hydrogens (tertiary/aromatic N) is 1. The van der Waals surface area contributed by atoms with Gasteiger partial charge in [-0.25, -0.2) is 9.78 Å². The van der Waals surface area contributed by atoms with Crippen molar-refractivity contribution in [3.8, 4) is 0 Å². The van der Waals surface area contributed by atoms with Gasteiger partial charge in [0.15, 0.2) is 0 Å². The number of hydrogen-bond acceptors (Lipinski definition) is 4. The lowest BCUT2D eigenvalue weighted by atomic mass is 10.2. The Morgan fingerprint density at radius 1 is 1.43 bits per heavy atom. The van der Waals surface area contributed by atoms with E-state index in [2.05, 4.69) is 15.3 Å². The van der Waals surface area contributed by atoms with E-state index >= 15 is 0 Å². The van der Waals surface area contributed by atoms with Gasteiger partial charge in [0, 0.05) is 18.7 Å². The lowest BCUT2D eigenvalue weighted by molar-refractivity contribution is 0.0490. The van der Waals surface area contributed by atoms with Crippen molar-refractivity contribution in [1.29, 1.82) is 0 Å². The van der Waals surface area contributed by atoms with Gasteiger partial charge in [-0.15, -0.1) is 0 Å². The van der Waals surface area contributed by atoms with Gasteiger partial charge in [0.05, 0.1) is 17.1 Å². The first-order valence-electron chi connectivity index (χ1n) is 7.42. The van der Waals surface area contributed by atoms with E-state index in [1.165, 1.54) is 0 Å². The summed E-state index contributed by atoms with van der Waals surface area (Å²) in [4.78, 5) is 19.7. The van der Waals surface area contributed by atoms with Crippen molar-refractivity contribution in [1.82, 2.24) is 15.3 Å². The third-order valence-electron chi connectivity index (χ3n) is 3.09. The van der Waals surface area contributed by atoms with Crippen molar-refractivity contribution in [2.24, 2.45) is 0 Å². The molecule has 2 aromatic rings. The molecular formula is C16H22ClN3O3. The molecule has 1 aromatic carbocycles. The van der Waals surface area contributed by atoms with Crippen molar-refractivity contribution in [2.45, 2.75) is 38.8 Å². The van der Waals surface area contributed by atoms with E-state index < -0.39 is 11.7 Å². The van der Waals surface area contributed by atoms with Crippen LogP contribution in [0.5, 0.6) is 0 Å². The molecule has 23 heavy (non-hydrogen) atoms. The van der Waals surface area contributed by atoms with Crippen LogP contribution in [0.25, 0.3) is 11.0 Å². The van der Waals surface area contributed by atoms with Crippen molar-refractivity contribution in [2.75, 3.05) is 13.7 Å². The summed E-state index contributed by atoms with van der Waals surface area (Å²) >= 11 is 5.99. The van der Waals surface area contributed by atoms with Crippen molar-refractivity contribution in [3.63, 3.8) is 0 Å². The molecule has 7 heteroatoms. The minimum Gasteiger partial charge on any atom is -0.444 e. The highest BCUT2D eigenvalue weighted by molar-refractivity contribution is 6.31. The van der Waals surface area contributed by atoms with Crippen LogP contribution in [0.3, 0.4) is 0 Å². The van der Waals surface area contributed by atoms with Gasteiger partial charge in [-0.1, -0.05) is 11.6 Å². The molecule has 0 aliphatic rings. The molecule has 1 atom stereocenters. The lowest BCUT2D eigenvalue weighted by Crippen LogP contribution is -2.35. The second kappa shape index (κ2) is 7.19. The molecule has 2 rings (SSSR count). The van der Waals surface area contributed by atoms with Gasteiger partial charge >= 0.3 is 6.09 Å². The van der Waals surface area contributed by atoms with Crippen molar-refractivity contribution < 1.29 is 14.3 Å².